The average Bonchev–Trinajstić information content (AvgIpc) is 2.78. The van der Waals surface area contributed by atoms with Gasteiger partial charge in [-0.15, -0.1) is 5.10 Å². The number of rotatable bonds is 2. The molecular formula is C13H16N4O. The van der Waals surface area contributed by atoms with Crippen LogP contribution in [0.25, 0.3) is 0 Å². The average molecular weight is 244 g/mol. The Morgan fingerprint density at radius 3 is 3.06 bits per heavy atom. The molecule has 2 aromatic rings. The van der Waals surface area contributed by atoms with Crippen molar-refractivity contribution in [3.8, 4) is 5.75 Å². The first-order chi connectivity index (χ1) is 8.79. The predicted molar refractivity (Wildman–Crippen MR) is 68.5 cm³/mol. The number of fused-ring (bicyclic) bond motifs is 1. The van der Waals surface area contributed by atoms with E-state index in [1.54, 1.807) is 7.11 Å². The van der Waals surface area contributed by atoms with Crippen molar-refractivity contribution in [2.45, 2.75) is 25.3 Å². The van der Waals surface area contributed by atoms with E-state index in [-0.39, 0.29) is 6.04 Å². The molecule has 0 amide bonds. The molecule has 0 aliphatic carbocycles. The smallest absolute Gasteiger partial charge is 0.239 e. The van der Waals surface area contributed by atoms with Crippen LogP contribution >= 0.6 is 0 Å². The van der Waals surface area contributed by atoms with Crippen LogP contribution in [0.4, 0.5) is 5.95 Å². The predicted octanol–water partition coefficient (Wildman–Crippen LogP) is 1.79. The van der Waals surface area contributed by atoms with E-state index in [4.69, 9.17) is 10.5 Å². The normalized spacial score (nSPS) is 18.4. The Labute approximate surface area is 106 Å². The van der Waals surface area contributed by atoms with Crippen LogP contribution in [0.15, 0.2) is 24.3 Å². The number of anilines is 1. The number of hydrogen-bond donors (Lipinski definition) is 1. The fraction of sp³-hybridized carbons (Fsp3) is 0.385. The largest absolute Gasteiger partial charge is 0.496 e. The highest BCUT2D eigenvalue weighted by molar-refractivity contribution is 5.37. The number of methoxy groups -OCH3 is 1. The van der Waals surface area contributed by atoms with Gasteiger partial charge in [0.05, 0.1) is 13.2 Å². The van der Waals surface area contributed by atoms with Crippen molar-refractivity contribution < 1.29 is 4.74 Å². The van der Waals surface area contributed by atoms with Gasteiger partial charge in [0.2, 0.25) is 5.95 Å². The molecule has 3 rings (SSSR count). The van der Waals surface area contributed by atoms with Gasteiger partial charge in [-0.3, -0.25) is 0 Å². The topological polar surface area (TPSA) is 66.0 Å². The molecular weight excluding hydrogens is 228 g/mol. The second-order valence-electron chi connectivity index (χ2n) is 4.48. The fourth-order valence-corrected chi connectivity index (χ4v) is 2.60. The maximum Gasteiger partial charge on any atom is 0.239 e. The van der Waals surface area contributed by atoms with Gasteiger partial charge in [-0.25, -0.2) is 4.68 Å². The van der Waals surface area contributed by atoms with Gasteiger partial charge < -0.3 is 10.5 Å². The standard InChI is InChI=1S/C13H16N4O/c1-18-11-7-3-2-5-9(11)10-6-4-8-12-15-13(14)16-17(10)12/h2-3,5,7,10H,4,6,8H2,1H3,(H2,14,16). The third-order valence-corrected chi connectivity index (χ3v) is 3.39. The van der Waals surface area contributed by atoms with Gasteiger partial charge in [-0.2, -0.15) is 4.98 Å². The van der Waals surface area contributed by atoms with Gasteiger partial charge in [0.1, 0.15) is 11.6 Å². The van der Waals surface area contributed by atoms with Crippen LogP contribution in [-0.4, -0.2) is 21.9 Å². The zero-order valence-corrected chi connectivity index (χ0v) is 10.3. The van der Waals surface area contributed by atoms with Crippen LogP contribution in [0.2, 0.25) is 0 Å². The van der Waals surface area contributed by atoms with Crippen LogP contribution in [0.3, 0.4) is 0 Å². The Hall–Kier alpha value is -2.04. The third kappa shape index (κ3) is 1.72. The van der Waals surface area contributed by atoms with Gasteiger partial charge in [0, 0.05) is 12.0 Å². The SMILES string of the molecule is COc1ccccc1C1CCCc2nc(N)nn21. The number of benzene rings is 1. The van der Waals surface area contributed by atoms with E-state index in [1.165, 1.54) is 0 Å². The molecule has 0 spiro atoms. The Morgan fingerprint density at radius 1 is 1.39 bits per heavy atom. The molecule has 1 unspecified atom stereocenters. The summed E-state index contributed by atoms with van der Waals surface area (Å²) in [5, 5.41) is 4.31. The molecule has 0 saturated heterocycles. The maximum absolute atomic E-state index is 5.69. The zero-order chi connectivity index (χ0) is 12.5. The minimum absolute atomic E-state index is 0.176. The summed E-state index contributed by atoms with van der Waals surface area (Å²) in [5.74, 6) is 2.21. The molecule has 1 aliphatic rings. The first kappa shape index (κ1) is 11.1. The van der Waals surface area contributed by atoms with E-state index in [1.807, 2.05) is 22.9 Å². The summed E-state index contributed by atoms with van der Waals surface area (Å²) in [6, 6.07) is 8.23. The highest BCUT2D eigenvalue weighted by atomic mass is 16.5. The number of nitrogen functional groups attached to an aromatic ring is 1. The molecule has 5 heteroatoms. The number of para-hydroxylation sites is 1. The van der Waals surface area contributed by atoms with E-state index >= 15 is 0 Å². The summed E-state index contributed by atoms with van der Waals surface area (Å²) < 4.78 is 7.37. The molecule has 1 aliphatic heterocycles. The van der Waals surface area contributed by atoms with Gasteiger partial charge in [0.25, 0.3) is 0 Å². The van der Waals surface area contributed by atoms with Crippen molar-refractivity contribution in [1.82, 2.24) is 14.8 Å². The van der Waals surface area contributed by atoms with Crippen LogP contribution in [0, 0.1) is 0 Å². The minimum atomic E-state index is 0.176. The molecule has 0 fully saturated rings. The number of nitrogens with zero attached hydrogens (tertiary/aromatic N) is 3. The molecule has 2 heterocycles. The van der Waals surface area contributed by atoms with Gasteiger partial charge >= 0.3 is 0 Å². The van der Waals surface area contributed by atoms with Crippen molar-refractivity contribution in [2.24, 2.45) is 0 Å². The summed E-state index contributed by atoms with van der Waals surface area (Å²) in [7, 11) is 1.69. The lowest BCUT2D eigenvalue weighted by Gasteiger charge is -2.25. The van der Waals surface area contributed by atoms with Gasteiger partial charge in [0.15, 0.2) is 0 Å². The van der Waals surface area contributed by atoms with E-state index in [0.717, 1.165) is 36.4 Å². The van der Waals surface area contributed by atoms with Crippen molar-refractivity contribution in [1.29, 1.82) is 0 Å². The molecule has 5 nitrogen and oxygen atoms in total. The Balaban J connectivity index is 2.08. The van der Waals surface area contributed by atoms with Crippen LogP contribution in [0.5, 0.6) is 5.75 Å². The number of ether oxygens (including phenoxy) is 1. The fourth-order valence-electron chi connectivity index (χ4n) is 2.60. The number of hydrogen-bond acceptors (Lipinski definition) is 4. The molecule has 0 radical (unpaired) electrons. The zero-order valence-electron chi connectivity index (χ0n) is 10.3. The monoisotopic (exact) mass is 244 g/mol. The van der Waals surface area contributed by atoms with Crippen molar-refractivity contribution in [2.75, 3.05) is 12.8 Å². The molecule has 18 heavy (non-hydrogen) atoms. The number of aryl methyl sites for hydroxylation is 1. The lowest BCUT2D eigenvalue weighted by atomic mass is 9.97. The van der Waals surface area contributed by atoms with Gasteiger partial charge in [-0.05, 0) is 18.9 Å². The lowest BCUT2D eigenvalue weighted by Crippen LogP contribution is -2.20. The summed E-state index contributed by atoms with van der Waals surface area (Å²) in [4.78, 5) is 4.27. The molecule has 1 atom stereocenters. The quantitative estimate of drug-likeness (QED) is 0.874. The van der Waals surface area contributed by atoms with E-state index in [0.29, 0.717) is 5.95 Å². The second-order valence-corrected chi connectivity index (χ2v) is 4.48. The Morgan fingerprint density at radius 2 is 2.22 bits per heavy atom. The molecule has 0 saturated carbocycles. The number of nitrogens with two attached hydrogens (primary N) is 1. The van der Waals surface area contributed by atoms with Crippen molar-refractivity contribution in [3.63, 3.8) is 0 Å². The maximum atomic E-state index is 5.69. The molecule has 1 aromatic heterocycles. The van der Waals surface area contributed by atoms with Crippen LogP contribution < -0.4 is 10.5 Å². The summed E-state index contributed by atoms with van der Waals surface area (Å²) in [6.45, 7) is 0. The highest BCUT2D eigenvalue weighted by Gasteiger charge is 2.26. The van der Waals surface area contributed by atoms with E-state index in [9.17, 15) is 0 Å². The number of aromatic nitrogens is 3. The van der Waals surface area contributed by atoms with Crippen LogP contribution in [-0.2, 0) is 6.42 Å². The summed E-state index contributed by atoms with van der Waals surface area (Å²) in [6.07, 6.45) is 3.08. The van der Waals surface area contributed by atoms with E-state index in [2.05, 4.69) is 16.1 Å². The van der Waals surface area contributed by atoms with Crippen LogP contribution in [0.1, 0.15) is 30.3 Å². The van der Waals surface area contributed by atoms with E-state index < -0.39 is 0 Å². The Kier molecular flexibility index (Phi) is 2.66. The summed E-state index contributed by atoms with van der Waals surface area (Å²) in [5.41, 5.74) is 6.84. The summed E-state index contributed by atoms with van der Waals surface area (Å²) >= 11 is 0. The van der Waals surface area contributed by atoms with Crippen molar-refractivity contribution in [3.05, 3.63) is 35.7 Å². The van der Waals surface area contributed by atoms with Gasteiger partial charge in [-0.1, -0.05) is 18.2 Å². The lowest BCUT2D eigenvalue weighted by molar-refractivity contribution is 0.373. The highest BCUT2D eigenvalue weighted by Crippen LogP contribution is 2.34. The molecule has 2 N–H and O–H groups in total. The second kappa shape index (κ2) is 4.33. The van der Waals surface area contributed by atoms with Crippen molar-refractivity contribution >= 4 is 5.95 Å². The molecule has 0 bridgehead atoms. The third-order valence-electron chi connectivity index (χ3n) is 3.39. The minimum Gasteiger partial charge on any atom is -0.496 e. The Bertz CT molecular complexity index is 564. The molecule has 1 aromatic carbocycles. The first-order valence-corrected chi connectivity index (χ1v) is 6.13. The molecule has 94 valence electrons. The first-order valence-electron chi connectivity index (χ1n) is 6.13.